The number of imidazole rings is 1. The number of rotatable bonds is 5. The number of anilines is 1. The molecule has 2 heterocycles. The number of para-hydroxylation sites is 1. The van der Waals surface area contributed by atoms with Crippen molar-refractivity contribution in [1.82, 2.24) is 19.7 Å². The summed E-state index contributed by atoms with van der Waals surface area (Å²) in [6, 6.07) is 19.7. The Morgan fingerprint density at radius 3 is 2.50 bits per heavy atom. The number of hydrogen-bond donors (Lipinski definition) is 1. The van der Waals surface area contributed by atoms with E-state index in [1.165, 1.54) is 0 Å². The van der Waals surface area contributed by atoms with Gasteiger partial charge in [-0.05, 0) is 29.4 Å². The van der Waals surface area contributed by atoms with E-state index in [1.807, 2.05) is 71.4 Å². The molecule has 0 radical (unpaired) electrons. The van der Waals surface area contributed by atoms with E-state index in [0.29, 0.717) is 18.4 Å². The van der Waals surface area contributed by atoms with E-state index in [0.717, 1.165) is 17.1 Å². The molecule has 0 bridgehead atoms. The predicted octanol–water partition coefficient (Wildman–Crippen LogP) is 3.53. The molecule has 4 rings (SSSR count). The van der Waals surface area contributed by atoms with Crippen molar-refractivity contribution in [2.75, 3.05) is 5.32 Å². The summed E-state index contributed by atoms with van der Waals surface area (Å²) in [6.07, 6.45) is 3.70. The van der Waals surface area contributed by atoms with Crippen LogP contribution in [0.5, 0.6) is 0 Å². The molecule has 2 aromatic carbocycles. The first-order valence-corrected chi connectivity index (χ1v) is 7.61. The topological polar surface area (TPSA) is 68.8 Å². The van der Waals surface area contributed by atoms with Crippen LogP contribution in [0.2, 0.25) is 0 Å². The zero-order valence-electron chi connectivity index (χ0n) is 12.8. The first kappa shape index (κ1) is 14.2. The van der Waals surface area contributed by atoms with Crippen molar-refractivity contribution in [3.8, 4) is 17.1 Å². The molecular formula is C18H15N5O. The van der Waals surface area contributed by atoms with Crippen LogP contribution in [0, 0.1) is 0 Å². The van der Waals surface area contributed by atoms with E-state index in [2.05, 4.69) is 20.4 Å². The van der Waals surface area contributed by atoms with Crippen LogP contribution in [-0.4, -0.2) is 19.7 Å². The summed E-state index contributed by atoms with van der Waals surface area (Å²) in [5.41, 5.74) is 1.95. The summed E-state index contributed by atoms with van der Waals surface area (Å²) in [7, 11) is 0. The highest BCUT2D eigenvalue weighted by atomic mass is 16.5. The van der Waals surface area contributed by atoms with Crippen molar-refractivity contribution in [2.24, 2.45) is 0 Å². The Kier molecular flexibility index (Phi) is 3.77. The van der Waals surface area contributed by atoms with Gasteiger partial charge in [-0.1, -0.05) is 36.4 Å². The third kappa shape index (κ3) is 2.89. The minimum absolute atomic E-state index is 0.441. The van der Waals surface area contributed by atoms with Crippen LogP contribution < -0.4 is 5.32 Å². The zero-order valence-corrected chi connectivity index (χ0v) is 12.8. The molecule has 6 heteroatoms. The van der Waals surface area contributed by atoms with Crippen molar-refractivity contribution in [3.05, 3.63) is 78.9 Å². The molecule has 4 aromatic rings. The lowest BCUT2D eigenvalue weighted by Gasteiger charge is -2.07. The fourth-order valence-electron chi connectivity index (χ4n) is 2.44. The molecule has 0 aliphatic rings. The quantitative estimate of drug-likeness (QED) is 0.610. The van der Waals surface area contributed by atoms with Gasteiger partial charge in [0.25, 0.3) is 11.8 Å². The molecule has 1 N–H and O–H groups in total. The second kappa shape index (κ2) is 6.37. The van der Waals surface area contributed by atoms with E-state index < -0.39 is 0 Å². The molecule has 2 aromatic heterocycles. The molecule has 24 heavy (non-hydrogen) atoms. The average Bonchev–Trinajstić information content (AvgIpc) is 3.31. The molecule has 0 saturated carbocycles. The second-order valence-electron chi connectivity index (χ2n) is 5.19. The minimum atomic E-state index is 0.441. The summed E-state index contributed by atoms with van der Waals surface area (Å²) in [5.74, 6) is 1.80. The smallest absolute Gasteiger partial charge is 0.264 e. The maximum atomic E-state index is 5.28. The summed E-state index contributed by atoms with van der Waals surface area (Å²) < 4.78 is 7.30. The number of hydrogen-bond acceptors (Lipinski definition) is 5. The normalized spacial score (nSPS) is 10.7. The Balaban J connectivity index is 1.49. The Morgan fingerprint density at radius 2 is 1.71 bits per heavy atom. The Labute approximate surface area is 138 Å². The molecule has 0 aliphatic heterocycles. The predicted molar refractivity (Wildman–Crippen MR) is 90.6 cm³/mol. The second-order valence-corrected chi connectivity index (χ2v) is 5.19. The Bertz CT molecular complexity index is 915. The third-order valence-electron chi connectivity index (χ3n) is 3.60. The first-order valence-electron chi connectivity index (χ1n) is 7.61. The van der Waals surface area contributed by atoms with Crippen molar-refractivity contribution >= 4 is 5.95 Å². The lowest BCUT2D eigenvalue weighted by molar-refractivity contribution is 0.432. The standard InChI is InChI=1S/C18H15N5O/c1-3-7-14(8-4-1)17-21-18(22-24-17)20-13-16-19-11-12-23(16)15-9-5-2-6-10-15/h1-12H,13H2,(H,20,22). The van der Waals surface area contributed by atoms with Crippen LogP contribution in [0.3, 0.4) is 0 Å². The molecule has 0 atom stereocenters. The lowest BCUT2D eigenvalue weighted by Crippen LogP contribution is -2.07. The van der Waals surface area contributed by atoms with E-state index in [-0.39, 0.29) is 0 Å². The highest BCUT2D eigenvalue weighted by Crippen LogP contribution is 2.18. The number of nitrogens with one attached hydrogen (secondary N) is 1. The fraction of sp³-hybridized carbons (Fsp3) is 0.0556. The zero-order chi connectivity index (χ0) is 16.2. The van der Waals surface area contributed by atoms with Crippen LogP contribution in [-0.2, 0) is 6.54 Å². The molecule has 118 valence electrons. The van der Waals surface area contributed by atoms with E-state index >= 15 is 0 Å². The maximum absolute atomic E-state index is 5.28. The van der Waals surface area contributed by atoms with Gasteiger partial charge in [-0.15, -0.1) is 0 Å². The van der Waals surface area contributed by atoms with E-state index in [4.69, 9.17) is 4.52 Å². The van der Waals surface area contributed by atoms with Crippen LogP contribution in [0.1, 0.15) is 5.82 Å². The van der Waals surface area contributed by atoms with E-state index in [9.17, 15) is 0 Å². The number of nitrogens with zero attached hydrogens (tertiary/aromatic N) is 4. The van der Waals surface area contributed by atoms with Gasteiger partial charge < -0.3 is 14.4 Å². The summed E-state index contributed by atoms with van der Waals surface area (Å²) in [4.78, 5) is 8.74. The molecular weight excluding hydrogens is 302 g/mol. The summed E-state index contributed by atoms with van der Waals surface area (Å²) in [6.45, 7) is 0.496. The fourth-order valence-corrected chi connectivity index (χ4v) is 2.44. The molecule has 0 unspecified atom stereocenters. The Hall–Kier alpha value is -3.41. The van der Waals surface area contributed by atoms with Crippen LogP contribution >= 0.6 is 0 Å². The van der Waals surface area contributed by atoms with Gasteiger partial charge in [0.05, 0.1) is 6.54 Å². The van der Waals surface area contributed by atoms with Crippen LogP contribution in [0.25, 0.3) is 17.1 Å². The SMILES string of the molecule is c1ccc(-c2nc(NCc3nccn3-c3ccccc3)no2)cc1. The van der Waals surface area contributed by atoms with Gasteiger partial charge >= 0.3 is 0 Å². The molecule has 0 spiro atoms. The van der Waals surface area contributed by atoms with Gasteiger partial charge in [0, 0.05) is 23.6 Å². The maximum Gasteiger partial charge on any atom is 0.264 e. The van der Waals surface area contributed by atoms with Gasteiger partial charge in [0.1, 0.15) is 5.82 Å². The number of aromatic nitrogens is 4. The van der Waals surface area contributed by atoms with Crippen LogP contribution in [0.15, 0.2) is 77.6 Å². The largest absolute Gasteiger partial charge is 0.344 e. The molecule has 0 aliphatic carbocycles. The van der Waals surface area contributed by atoms with Gasteiger partial charge in [0.15, 0.2) is 0 Å². The van der Waals surface area contributed by atoms with Crippen molar-refractivity contribution < 1.29 is 4.52 Å². The number of benzene rings is 2. The average molecular weight is 317 g/mol. The molecule has 0 fully saturated rings. The highest BCUT2D eigenvalue weighted by Gasteiger charge is 2.10. The summed E-state index contributed by atoms with van der Waals surface area (Å²) >= 11 is 0. The van der Waals surface area contributed by atoms with Gasteiger partial charge in [-0.2, -0.15) is 4.98 Å². The Morgan fingerprint density at radius 1 is 0.958 bits per heavy atom. The highest BCUT2D eigenvalue weighted by molar-refractivity contribution is 5.53. The monoisotopic (exact) mass is 317 g/mol. The lowest BCUT2D eigenvalue weighted by atomic mass is 10.2. The van der Waals surface area contributed by atoms with Crippen molar-refractivity contribution in [1.29, 1.82) is 0 Å². The van der Waals surface area contributed by atoms with Crippen molar-refractivity contribution in [2.45, 2.75) is 6.54 Å². The van der Waals surface area contributed by atoms with E-state index in [1.54, 1.807) is 6.20 Å². The molecule has 0 saturated heterocycles. The van der Waals surface area contributed by atoms with Crippen LogP contribution in [0.4, 0.5) is 5.95 Å². The van der Waals surface area contributed by atoms with Gasteiger partial charge in [0.2, 0.25) is 0 Å². The molecule has 6 nitrogen and oxygen atoms in total. The van der Waals surface area contributed by atoms with Crippen molar-refractivity contribution in [3.63, 3.8) is 0 Å². The molecule has 0 amide bonds. The third-order valence-corrected chi connectivity index (χ3v) is 3.60. The summed E-state index contributed by atoms with van der Waals surface area (Å²) in [5, 5.41) is 7.11. The first-order chi connectivity index (χ1) is 11.9. The minimum Gasteiger partial charge on any atom is -0.344 e. The van der Waals surface area contributed by atoms with Gasteiger partial charge in [-0.3, -0.25) is 0 Å². The van der Waals surface area contributed by atoms with Gasteiger partial charge in [-0.25, -0.2) is 4.98 Å².